The first-order valence-electron chi connectivity index (χ1n) is 8.50. The van der Waals surface area contributed by atoms with Gasteiger partial charge in [0.25, 0.3) is 0 Å². The summed E-state index contributed by atoms with van der Waals surface area (Å²) in [5.74, 6) is -3.18. The van der Waals surface area contributed by atoms with Gasteiger partial charge in [0.05, 0.1) is 12.0 Å². The van der Waals surface area contributed by atoms with E-state index in [-0.39, 0.29) is 5.57 Å². The summed E-state index contributed by atoms with van der Waals surface area (Å²) in [4.78, 5) is 34.3. The number of benzene rings is 1. The van der Waals surface area contributed by atoms with Crippen molar-refractivity contribution in [2.24, 2.45) is 0 Å². The monoisotopic (exact) mass is 400 g/mol. The fourth-order valence-electron chi connectivity index (χ4n) is 3.09. The first-order valence-corrected chi connectivity index (χ1v) is 8.50. The molecule has 6 nitrogen and oxygen atoms in total. The molecule has 0 atom stereocenters. The number of carbonyl (C=O) groups excluding carboxylic acids is 2. The van der Waals surface area contributed by atoms with E-state index in [1.54, 1.807) is 0 Å². The number of halogens is 3. The zero-order valence-corrected chi connectivity index (χ0v) is 14.9. The summed E-state index contributed by atoms with van der Waals surface area (Å²) in [6.07, 6.45) is -2.63. The van der Waals surface area contributed by atoms with Crippen LogP contribution in [0.2, 0.25) is 0 Å². The van der Waals surface area contributed by atoms with Gasteiger partial charge < -0.3 is 14.6 Å². The molecule has 1 N–H and O–H groups in total. The Bertz CT molecular complexity index is 761. The van der Waals surface area contributed by atoms with Crippen LogP contribution in [0.1, 0.15) is 43.2 Å². The maximum Gasteiger partial charge on any atom is 0.416 e. The molecule has 0 amide bonds. The lowest BCUT2D eigenvalue weighted by Gasteiger charge is -2.30. The number of alkyl halides is 3. The van der Waals surface area contributed by atoms with Gasteiger partial charge in [-0.3, -0.25) is 4.79 Å². The number of esters is 2. The van der Waals surface area contributed by atoms with E-state index in [1.807, 2.05) is 0 Å². The predicted octanol–water partition coefficient (Wildman–Crippen LogP) is 3.59. The lowest BCUT2D eigenvalue weighted by molar-refractivity contribution is -0.161. The Morgan fingerprint density at radius 1 is 1.11 bits per heavy atom. The van der Waals surface area contributed by atoms with Gasteiger partial charge in [-0.05, 0) is 43.4 Å². The molecule has 1 fully saturated rings. The summed E-state index contributed by atoms with van der Waals surface area (Å²) in [5, 5.41) is 8.48. The second-order valence-electron chi connectivity index (χ2n) is 6.50. The highest BCUT2D eigenvalue weighted by Gasteiger charge is 2.40. The van der Waals surface area contributed by atoms with E-state index in [4.69, 9.17) is 9.84 Å². The second-order valence-corrected chi connectivity index (χ2v) is 6.50. The number of carbonyl (C=O) groups is 3. The van der Waals surface area contributed by atoms with Crippen molar-refractivity contribution >= 4 is 17.9 Å². The molecule has 1 aliphatic rings. The fraction of sp³-hybridized carbons (Fsp3) is 0.421. The number of carboxylic acid groups (broad SMARTS) is 1. The summed E-state index contributed by atoms with van der Waals surface area (Å²) in [5.41, 5.74) is -1.69. The summed E-state index contributed by atoms with van der Waals surface area (Å²) in [6, 6.07) is 4.45. The highest BCUT2D eigenvalue weighted by atomic mass is 19.4. The minimum absolute atomic E-state index is 0.271. The van der Waals surface area contributed by atoms with E-state index in [9.17, 15) is 27.6 Å². The standard InChI is InChI=1S/C19H19F3O6/c1-12(17(26)27-11-15(23)24)10-16(25)28-18(8-2-3-9-18)13-4-6-14(7-5-13)19(20,21)22/h4-7H,1-3,8-11H2,(H,23,24). The van der Waals surface area contributed by atoms with Crippen molar-refractivity contribution in [2.45, 2.75) is 43.9 Å². The molecule has 28 heavy (non-hydrogen) atoms. The molecule has 0 aliphatic heterocycles. The van der Waals surface area contributed by atoms with Crippen LogP contribution < -0.4 is 0 Å². The topological polar surface area (TPSA) is 89.9 Å². The van der Waals surface area contributed by atoms with Gasteiger partial charge in [0.1, 0.15) is 5.60 Å². The number of aliphatic carboxylic acids is 1. The average molecular weight is 400 g/mol. The van der Waals surface area contributed by atoms with Crippen LogP contribution in [0.3, 0.4) is 0 Å². The van der Waals surface area contributed by atoms with Gasteiger partial charge >= 0.3 is 24.1 Å². The molecule has 0 aromatic heterocycles. The SMILES string of the molecule is C=C(CC(=O)OC1(c2ccc(C(F)(F)F)cc2)CCCC1)C(=O)OCC(=O)O. The third-order valence-corrected chi connectivity index (χ3v) is 4.43. The van der Waals surface area contributed by atoms with Crippen LogP contribution in [0.25, 0.3) is 0 Å². The van der Waals surface area contributed by atoms with Crippen molar-refractivity contribution in [3.05, 3.63) is 47.5 Å². The van der Waals surface area contributed by atoms with Gasteiger partial charge in [-0.1, -0.05) is 18.7 Å². The summed E-state index contributed by atoms with van der Waals surface area (Å²) in [7, 11) is 0. The molecule has 2 rings (SSSR count). The Kier molecular flexibility index (Phi) is 6.48. The van der Waals surface area contributed by atoms with Crippen LogP contribution in [-0.2, 0) is 35.6 Å². The van der Waals surface area contributed by atoms with Crippen molar-refractivity contribution in [1.29, 1.82) is 0 Å². The average Bonchev–Trinajstić information content (AvgIpc) is 3.08. The molecule has 1 aliphatic carbocycles. The van der Waals surface area contributed by atoms with Crippen molar-refractivity contribution < 1.29 is 42.1 Å². The molecule has 0 bridgehead atoms. The molecule has 0 radical (unpaired) electrons. The minimum Gasteiger partial charge on any atom is -0.479 e. The van der Waals surface area contributed by atoms with Gasteiger partial charge in [0.15, 0.2) is 6.61 Å². The van der Waals surface area contributed by atoms with Crippen LogP contribution in [0.15, 0.2) is 36.4 Å². The number of carboxylic acids is 1. The Morgan fingerprint density at radius 2 is 1.68 bits per heavy atom. The maximum absolute atomic E-state index is 12.8. The lowest BCUT2D eigenvalue weighted by atomic mass is 9.91. The largest absolute Gasteiger partial charge is 0.479 e. The second kappa shape index (κ2) is 8.45. The van der Waals surface area contributed by atoms with Crippen LogP contribution in [0, 0.1) is 0 Å². The molecular formula is C19H19F3O6. The van der Waals surface area contributed by atoms with E-state index < -0.39 is 48.3 Å². The number of ether oxygens (including phenoxy) is 2. The van der Waals surface area contributed by atoms with E-state index in [2.05, 4.69) is 11.3 Å². The predicted molar refractivity (Wildman–Crippen MR) is 90.0 cm³/mol. The Morgan fingerprint density at radius 3 is 2.18 bits per heavy atom. The molecular weight excluding hydrogens is 381 g/mol. The molecule has 0 saturated heterocycles. The molecule has 152 valence electrons. The molecule has 0 unspecified atom stereocenters. The highest BCUT2D eigenvalue weighted by Crippen LogP contribution is 2.43. The number of hydrogen-bond donors (Lipinski definition) is 1. The molecule has 1 aromatic carbocycles. The molecule has 9 heteroatoms. The summed E-state index contributed by atoms with van der Waals surface area (Å²) in [6.45, 7) is 2.53. The van der Waals surface area contributed by atoms with Crippen LogP contribution in [0.4, 0.5) is 13.2 Å². The highest BCUT2D eigenvalue weighted by molar-refractivity contribution is 5.94. The Hall–Kier alpha value is -2.84. The first-order chi connectivity index (χ1) is 13.0. The van der Waals surface area contributed by atoms with Crippen molar-refractivity contribution in [3.63, 3.8) is 0 Å². The quantitative estimate of drug-likeness (QED) is 0.556. The van der Waals surface area contributed by atoms with Crippen molar-refractivity contribution in [3.8, 4) is 0 Å². The Balaban J connectivity index is 2.07. The van der Waals surface area contributed by atoms with E-state index in [0.29, 0.717) is 18.4 Å². The van der Waals surface area contributed by atoms with Crippen LogP contribution in [0.5, 0.6) is 0 Å². The lowest BCUT2D eigenvalue weighted by Crippen LogP contribution is -2.30. The Labute approximate surface area is 158 Å². The van der Waals surface area contributed by atoms with Crippen molar-refractivity contribution in [2.75, 3.05) is 6.61 Å². The zero-order chi connectivity index (χ0) is 20.9. The summed E-state index contributed by atoms with van der Waals surface area (Å²) < 4.78 is 48.3. The number of rotatable bonds is 7. The van der Waals surface area contributed by atoms with E-state index in [1.165, 1.54) is 12.1 Å². The molecule has 0 spiro atoms. The maximum atomic E-state index is 12.8. The van der Waals surface area contributed by atoms with Gasteiger partial charge in [0, 0.05) is 5.57 Å². The smallest absolute Gasteiger partial charge is 0.416 e. The van der Waals surface area contributed by atoms with E-state index in [0.717, 1.165) is 25.0 Å². The van der Waals surface area contributed by atoms with Gasteiger partial charge in [-0.15, -0.1) is 0 Å². The van der Waals surface area contributed by atoms with Crippen LogP contribution >= 0.6 is 0 Å². The molecule has 1 aromatic rings. The number of hydrogen-bond acceptors (Lipinski definition) is 5. The molecule has 1 saturated carbocycles. The van der Waals surface area contributed by atoms with Gasteiger partial charge in [-0.2, -0.15) is 13.2 Å². The van der Waals surface area contributed by atoms with Gasteiger partial charge in [-0.25, -0.2) is 9.59 Å². The van der Waals surface area contributed by atoms with E-state index >= 15 is 0 Å². The first kappa shape index (κ1) is 21.5. The fourth-order valence-corrected chi connectivity index (χ4v) is 3.09. The zero-order valence-electron chi connectivity index (χ0n) is 14.9. The van der Waals surface area contributed by atoms with Crippen molar-refractivity contribution in [1.82, 2.24) is 0 Å². The van der Waals surface area contributed by atoms with Crippen LogP contribution in [-0.4, -0.2) is 29.6 Å². The third-order valence-electron chi connectivity index (χ3n) is 4.43. The summed E-state index contributed by atoms with van der Waals surface area (Å²) >= 11 is 0. The third kappa shape index (κ3) is 5.34. The minimum atomic E-state index is -4.47. The molecule has 0 heterocycles. The van der Waals surface area contributed by atoms with Gasteiger partial charge in [0.2, 0.25) is 0 Å². The normalized spacial score (nSPS) is 15.7.